The van der Waals surface area contributed by atoms with Crippen LogP contribution in [0.25, 0.3) is 0 Å². The maximum absolute atomic E-state index is 11.1. The highest BCUT2D eigenvalue weighted by Crippen LogP contribution is 2.67. The van der Waals surface area contributed by atoms with Crippen molar-refractivity contribution in [2.75, 3.05) is 0 Å². The first-order chi connectivity index (χ1) is 14.5. The van der Waals surface area contributed by atoms with E-state index in [1.165, 1.54) is 44.9 Å². The molecule has 4 aliphatic rings. The van der Waals surface area contributed by atoms with Gasteiger partial charge in [-0.2, -0.15) is 0 Å². The molecule has 0 aromatic rings. The number of allylic oxidation sites excluding steroid dienone is 1. The van der Waals surface area contributed by atoms with Gasteiger partial charge in [-0.3, -0.25) is 0 Å². The standard InChI is InChI=1S/C29H50O2/c1-7-29(31,19(2)3)17-12-20(4)24-10-11-25-23-9-8-21-18-22(30)13-15-27(21,5)26(23)14-16-28(24,25)6/h8,19-20,22-26,30-31H,7,9-18H2,1-6H3/t20-,22+,23+,24-,25+,26+,27+,28-,29+/m1/s1. The Kier molecular flexibility index (Phi) is 6.50. The van der Waals surface area contributed by atoms with Crippen molar-refractivity contribution >= 4 is 0 Å². The van der Waals surface area contributed by atoms with Crippen molar-refractivity contribution in [2.45, 2.75) is 124 Å². The van der Waals surface area contributed by atoms with Gasteiger partial charge < -0.3 is 10.2 Å². The summed E-state index contributed by atoms with van der Waals surface area (Å²) in [5.74, 6) is 4.42. The van der Waals surface area contributed by atoms with Crippen LogP contribution in [0, 0.1) is 46.3 Å². The van der Waals surface area contributed by atoms with Gasteiger partial charge in [-0.15, -0.1) is 0 Å². The first kappa shape index (κ1) is 23.8. The molecule has 2 N–H and O–H groups in total. The average molecular weight is 431 g/mol. The Labute approximate surface area is 192 Å². The zero-order valence-corrected chi connectivity index (χ0v) is 21.3. The Morgan fingerprint density at radius 2 is 1.81 bits per heavy atom. The zero-order valence-electron chi connectivity index (χ0n) is 21.3. The second kappa shape index (κ2) is 8.46. The van der Waals surface area contributed by atoms with Crippen LogP contribution < -0.4 is 0 Å². The van der Waals surface area contributed by atoms with Crippen LogP contribution in [0.3, 0.4) is 0 Å². The van der Waals surface area contributed by atoms with Gasteiger partial charge in [0.15, 0.2) is 0 Å². The highest BCUT2D eigenvalue weighted by Gasteiger charge is 2.59. The fourth-order valence-electron chi connectivity index (χ4n) is 9.17. The molecule has 0 bridgehead atoms. The summed E-state index contributed by atoms with van der Waals surface area (Å²) in [7, 11) is 0. The summed E-state index contributed by atoms with van der Waals surface area (Å²) in [5.41, 5.74) is 1.93. The molecule has 0 aliphatic heterocycles. The minimum atomic E-state index is -0.491. The maximum Gasteiger partial charge on any atom is 0.0668 e. The first-order valence-electron chi connectivity index (χ1n) is 13.6. The SMILES string of the molecule is CC[C@](O)(CC[C@@H](C)[C@H]1CC[C@H]2[C@@H]3CC=C4C[C@@H](O)CC[C@]4(C)[C@H]3CC[C@]12C)C(C)C. The largest absolute Gasteiger partial charge is 0.393 e. The molecule has 0 spiro atoms. The van der Waals surface area contributed by atoms with Crippen LogP contribution in [-0.2, 0) is 0 Å². The fraction of sp³-hybridized carbons (Fsp3) is 0.931. The minimum absolute atomic E-state index is 0.103. The molecule has 0 amide bonds. The zero-order chi connectivity index (χ0) is 22.6. The maximum atomic E-state index is 11.1. The summed E-state index contributed by atoms with van der Waals surface area (Å²) in [6.45, 7) is 14.2. The Bertz CT molecular complexity index is 682. The van der Waals surface area contributed by atoms with Gasteiger partial charge >= 0.3 is 0 Å². The molecule has 9 atom stereocenters. The Hall–Kier alpha value is -0.340. The van der Waals surface area contributed by atoms with Gasteiger partial charge in [0.05, 0.1) is 11.7 Å². The third-order valence-corrected chi connectivity index (χ3v) is 11.6. The van der Waals surface area contributed by atoms with Crippen LogP contribution in [0.1, 0.15) is 112 Å². The molecule has 0 saturated heterocycles. The molecule has 2 heteroatoms. The lowest BCUT2D eigenvalue weighted by molar-refractivity contribution is -0.0615. The van der Waals surface area contributed by atoms with E-state index in [2.05, 4.69) is 47.6 Å². The van der Waals surface area contributed by atoms with Gasteiger partial charge in [-0.05, 0) is 117 Å². The molecule has 0 radical (unpaired) electrons. The fourth-order valence-corrected chi connectivity index (χ4v) is 9.17. The third-order valence-electron chi connectivity index (χ3n) is 11.6. The summed E-state index contributed by atoms with van der Waals surface area (Å²) in [6, 6.07) is 0. The summed E-state index contributed by atoms with van der Waals surface area (Å²) in [4.78, 5) is 0. The van der Waals surface area contributed by atoms with Gasteiger partial charge in [-0.25, -0.2) is 0 Å². The van der Waals surface area contributed by atoms with Crippen molar-refractivity contribution in [2.24, 2.45) is 46.3 Å². The molecule has 0 heterocycles. The number of hydrogen-bond donors (Lipinski definition) is 2. The van der Waals surface area contributed by atoms with E-state index in [0.29, 0.717) is 22.7 Å². The van der Waals surface area contributed by atoms with E-state index in [9.17, 15) is 10.2 Å². The molecule has 4 aliphatic carbocycles. The van der Waals surface area contributed by atoms with Gasteiger partial charge in [0.25, 0.3) is 0 Å². The molecular weight excluding hydrogens is 380 g/mol. The predicted octanol–water partition coefficient (Wildman–Crippen LogP) is 7.14. The van der Waals surface area contributed by atoms with Crippen LogP contribution in [-0.4, -0.2) is 21.9 Å². The van der Waals surface area contributed by atoms with E-state index in [0.717, 1.165) is 49.4 Å². The van der Waals surface area contributed by atoms with Gasteiger partial charge in [-0.1, -0.05) is 53.2 Å². The second-order valence-corrected chi connectivity index (χ2v) is 13.0. The summed E-state index contributed by atoms with van der Waals surface area (Å²) >= 11 is 0. The summed E-state index contributed by atoms with van der Waals surface area (Å²) in [6.07, 6.45) is 15.4. The van der Waals surface area contributed by atoms with Crippen molar-refractivity contribution < 1.29 is 10.2 Å². The molecule has 0 aromatic heterocycles. The van der Waals surface area contributed by atoms with Gasteiger partial charge in [0.1, 0.15) is 0 Å². The van der Waals surface area contributed by atoms with Crippen LogP contribution in [0.15, 0.2) is 11.6 Å². The van der Waals surface area contributed by atoms with Crippen LogP contribution in [0.2, 0.25) is 0 Å². The number of aliphatic hydroxyl groups excluding tert-OH is 1. The van der Waals surface area contributed by atoms with Crippen molar-refractivity contribution in [3.8, 4) is 0 Å². The monoisotopic (exact) mass is 430 g/mol. The van der Waals surface area contributed by atoms with E-state index < -0.39 is 5.60 Å². The van der Waals surface area contributed by atoms with Crippen LogP contribution in [0.5, 0.6) is 0 Å². The number of aliphatic hydroxyl groups is 2. The van der Waals surface area contributed by atoms with Crippen LogP contribution >= 0.6 is 0 Å². The number of hydrogen-bond acceptors (Lipinski definition) is 2. The quantitative estimate of drug-likeness (QED) is 0.440. The first-order valence-corrected chi connectivity index (χ1v) is 13.6. The lowest BCUT2D eigenvalue weighted by Gasteiger charge is -2.58. The molecule has 3 fully saturated rings. The number of rotatable bonds is 6. The minimum Gasteiger partial charge on any atom is -0.393 e. The number of fused-ring (bicyclic) bond motifs is 5. The van der Waals surface area contributed by atoms with Crippen molar-refractivity contribution in [1.29, 1.82) is 0 Å². The molecule has 0 unspecified atom stereocenters. The topological polar surface area (TPSA) is 40.5 Å². The molecule has 0 aromatic carbocycles. The Balaban J connectivity index is 1.48. The van der Waals surface area contributed by atoms with Crippen molar-refractivity contribution in [1.82, 2.24) is 0 Å². The molecule has 3 saturated carbocycles. The Morgan fingerprint density at radius 3 is 2.48 bits per heavy atom. The molecule has 2 nitrogen and oxygen atoms in total. The lowest BCUT2D eigenvalue weighted by atomic mass is 9.47. The summed E-state index contributed by atoms with van der Waals surface area (Å²) < 4.78 is 0. The molecule has 178 valence electrons. The van der Waals surface area contributed by atoms with Crippen molar-refractivity contribution in [3.05, 3.63) is 11.6 Å². The van der Waals surface area contributed by atoms with Gasteiger partial charge in [0, 0.05) is 0 Å². The van der Waals surface area contributed by atoms with E-state index in [1.807, 2.05) is 0 Å². The van der Waals surface area contributed by atoms with Crippen molar-refractivity contribution in [3.63, 3.8) is 0 Å². The summed E-state index contributed by atoms with van der Waals surface area (Å²) in [5, 5.41) is 21.3. The van der Waals surface area contributed by atoms with E-state index in [-0.39, 0.29) is 6.10 Å². The van der Waals surface area contributed by atoms with Gasteiger partial charge in [0.2, 0.25) is 0 Å². The van der Waals surface area contributed by atoms with E-state index in [4.69, 9.17) is 0 Å². The van der Waals surface area contributed by atoms with Crippen LogP contribution in [0.4, 0.5) is 0 Å². The predicted molar refractivity (Wildman–Crippen MR) is 130 cm³/mol. The smallest absolute Gasteiger partial charge is 0.0668 e. The van der Waals surface area contributed by atoms with E-state index in [1.54, 1.807) is 5.57 Å². The highest BCUT2D eigenvalue weighted by molar-refractivity contribution is 5.25. The third kappa shape index (κ3) is 3.86. The lowest BCUT2D eigenvalue weighted by Crippen LogP contribution is -2.50. The molecule has 31 heavy (non-hydrogen) atoms. The molecular formula is C29H50O2. The molecule has 4 rings (SSSR count). The van der Waals surface area contributed by atoms with E-state index >= 15 is 0 Å². The normalized spacial score (nSPS) is 45.3. The average Bonchev–Trinajstić information content (AvgIpc) is 3.09. The highest BCUT2D eigenvalue weighted by atomic mass is 16.3. The second-order valence-electron chi connectivity index (χ2n) is 13.0. The Morgan fingerprint density at radius 1 is 1.06 bits per heavy atom.